The van der Waals surface area contributed by atoms with Crippen molar-refractivity contribution in [2.45, 2.75) is 26.9 Å². The highest BCUT2D eigenvalue weighted by molar-refractivity contribution is 7.80. The zero-order chi connectivity index (χ0) is 17.7. The number of carbonyl (C=O) groups is 1. The largest absolute Gasteiger partial charge is 0.468 e. The van der Waals surface area contributed by atoms with Crippen molar-refractivity contribution in [2.75, 3.05) is 5.32 Å². The van der Waals surface area contributed by atoms with Gasteiger partial charge in [0.15, 0.2) is 0 Å². The van der Waals surface area contributed by atoms with Gasteiger partial charge < -0.3 is 14.8 Å². The molecule has 0 fully saturated rings. The topological polar surface area (TPSA) is 47.6 Å². The van der Waals surface area contributed by atoms with Crippen molar-refractivity contribution < 1.29 is 14.3 Å². The summed E-state index contributed by atoms with van der Waals surface area (Å²) in [5.41, 5.74) is 1.71. The number of thiocarbonyl (C=S) groups is 1. The smallest absolute Gasteiger partial charge is 0.345 e. The first kappa shape index (κ1) is 18.2. The molecule has 0 radical (unpaired) electrons. The minimum absolute atomic E-state index is 0.0391. The lowest BCUT2D eigenvalue weighted by atomic mass is 10.2. The van der Waals surface area contributed by atoms with Crippen LogP contribution in [0.1, 0.15) is 29.8 Å². The van der Waals surface area contributed by atoms with Crippen molar-refractivity contribution in [3.05, 3.63) is 58.6 Å². The molecule has 1 N–H and O–H groups in total. The number of halogens is 1. The van der Waals surface area contributed by atoms with Crippen molar-refractivity contribution in [2.24, 2.45) is 0 Å². The molecule has 0 saturated carbocycles. The van der Waals surface area contributed by atoms with E-state index in [2.05, 4.69) is 5.32 Å². The van der Waals surface area contributed by atoms with Crippen LogP contribution in [0.5, 0.6) is 5.75 Å². The standard InChI is InChI=1S/C18H18ClNO3S/c1-11(2)22-18(24)20-13-8-9-15(19)14(10-13)17(21)23-16-7-5-4-6-12(16)3/h4-11H,1-3H3,(H,20,24). The summed E-state index contributed by atoms with van der Waals surface area (Å²) in [6.45, 7) is 5.62. The van der Waals surface area contributed by atoms with E-state index in [9.17, 15) is 4.79 Å². The summed E-state index contributed by atoms with van der Waals surface area (Å²) in [5, 5.41) is 3.44. The Kier molecular flexibility index (Phi) is 6.17. The Morgan fingerprint density at radius 1 is 1.21 bits per heavy atom. The maximum absolute atomic E-state index is 12.4. The molecule has 0 saturated heterocycles. The van der Waals surface area contributed by atoms with E-state index in [4.69, 9.17) is 33.3 Å². The van der Waals surface area contributed by atoms with Crippen molar-refractivity contribution in [3.63, 3.8) is 0 Å². The van der Waals surface area contributed by atoms with Crippen LogP contribution in [0, 0.1) is 6.92 Å². The third-order valence-electron chi connectivity index (χ3n) is 3.07. The Bertz CT molecular complexity index is 762. The van der Waals surface area contributed by atoms with Gasteiger partial charge in [0.2, 0.25) is 0 Å². The van der Waals surface area contributed by atoms with Crippen LogP contribution in [0.4, 0.5) is 5.69 Å². The van der Waals surface area contributed by atoms with E-state index in [0.717, 1.165) is 5.56 Å². The highest BCUT2D eigenvalue weighted by atomic mass is 35.5. The maximum atomic E-state index is 12.4. The van der Waals surface area contributed by atoms with Crippen LogP contribution in [0.2, 0.25) is 5.02 Å². The predicted molar refractivity (Wildman–Crippen MR) is 100 cm³/mol. The minimum atomic E-state index is -0.534. The third kappa shape index (κ3) is 4.94. The fourth-order valence-electron chi connectivity index (χ4n) is 1.95. The lowest BCUT2D eigenvalue weighted by Gasteiger charge is -2.14. The van der Waals surface area contributed by atoms with Crippen LogP contribution in [-0.2, 0) is 4.74 Å². The average molecular weight is 364 g/mol. The van der Waals surface area contributed by atoms with Crippen LogP contribution in [-0.4, -0.2) is 17.2 Å². The monoisotopic (exact) mass is 363 g/mol. The molecule has 0 atom stereocenters. The molecular weight excluding hydrogens is 346 g/mol. The summed E-state index contributed by atoms with van der Waals surface area (Å²) >= 11 is 11.2. The van der Waals surface area contributed by atoms with E-state index in [1.807, 2.05) is 32.9 Å². The highest BCUT2D eigenvalue weighted by Gasteiger charge is 2.15. The Morgan fingerprint density at radius 2 is 1.92 bits per heavy atom. The highest BCUT2D eigenvalue weighted by Crippen LogP contribution is 2.24. The van der Waals surface area contributed by atoms with Gasteiger partial charge in [0.25, 0.3) is 5.17 Å². The number of nitrogens with one attached hydrogen (secondary N) is 1. The number of hydrogen-bond acceptors (Lipinski definition) is 4. The molecule has 0 heterocycles. The summed E-state index contributed by atoms with van der Waals surface area (Å²) < 4.78 is 10.8. The molecule has 0 aliphatic carbocycles. The van der Waals surface area contributed by atoms with Crippen LogP contribution < -0.4 is 10.1 Å². The normalized spacial score (nSPS) is 10.4. The first-order valence-electron chi connectivity index (χ1n) is 7.42. The van der Waals surface area contributed by atoms with Gasteiger partial charge in [-0.2, -0.15) is 0 Å². The fourth-order valence-corrected chi connectivity index (χ4v) is 2.45. The molecule has 0 aliphatic rings. The average Bonchev–Trinajstić information content (AvgIpc) is 2.50. The number of rotatable bonds is 4. The number of benzene rings is 2. The van der Waals surface area contributed by atoms with E-state index in [-0.39, 0.29) is 16.8 Å². The van der Waals surface area contributed by atoms with Gasteiger partial charge in [-0.1, -0.05) is 29.8 Å². The SMILES string of the molecule is Cc1ccccc1OC(=O)c1cc(NC(=S)OC(C)C)ccc1Cl. The summed E-state index contributed by atoms with van der Waals surface area (Å²) in [6.07, 6.45) is -0.0391. The molecule has 0 spiro atoms. The van der Waals surface area contributed by atoms with Crippen molar-refractivity contribution in [1.29, 1.82) is 0 Å². The second kappa shape index (κ2) is 8.13. The number of anilines is 1. The van der Waals surface area contributed by atoms with Gasteiger partial charge in [-0.25, -0.2) is 4.79 Å². The Morgan fingerprint density at radius 3 is 2.58 bits per heavy atom. The number of para-hydroxylation sites is 1. The molecule has 0 aromatic heterocycles. The number of hydrogen-bond donors (Lipinski definition) is 1. The molecule has 2 aromatic carbocycles. The van der Waals surface area contributed by atoms with Crippen LogP contribution in [0.3, 0.4) is 0 Å². The van der Waals surface area contributed by atoms with Crippen LogP contribution in [0.15, 0.2) is 42.5 Å². The number of aryl methyl sites for hydroxylation is 1. The van der Waals surface area contributed by atoms with Gasteiger partial charge >= 0.3 is 5.97 Å². The minimum Gasteiger partial charge on any atom is -0.468 e. The first-order valence-corrected chi connectivity index (χ1v) is 8.20. The number of esters is 1. The molecule has 2 rings (SSSR count). The molecule has 2 aromatic rings. The summed E-state index contributed by atoms with van der Waals surface area (Å²) in [6, 6.07) is 12.2. The molecule has 4 nitrogen and oxygen atoms in total. The van der Waals surface area contributed by atoms with Crippen LogP contribution in [0.25, 0.3) is 0 Å². The van der Waals surface area contributed by atoms with Gasteiger partial charge in [0, 0.05) is 5.69 Å². The molecule has 0 unspecified atom stereocenters. The van der Waals surface area contributed by atoms with E-state index < -0.39 is 5.97 Å². The maximum Gasteiger partial charge on any atom is 0.345 e. The number of ether oxygens (including phenoxy) is 2. The summed E-state index contributed by atoms with van der Waals surface area (Å²) in [7, 11) is 0. The summed E-state index contributed by atoms with van der Waals surface area (Å²) in [5.74, 6) is -0.0377. The first-order chi connectivity index (χ1) is 11.4. The van der Waals surface area contributed by atoms with Crippen molar-refractivity contribution in [1.82, 2.24) is 0 Å². The fraction of sp³-hybridized carbons (Fsp3) is 0.222. The quantitative estimate of drug-likeness (QED) is 0.471. The predicted octanol–water partition coefficient (Wildman–Crippen LogP) is 4.99. The van der Waals surface area contributed by atoms with Gasteiger partial charge in [-0.15, -0.1) is 0 Å². The van der Waals surface area contributed by atoms with E-state index >= 15 is 0 Å². The van der Waals surface area contributed by atoms with Crippen molar-refractivity contribution in [3.8, 4) is 5.75 Å². The second-order valence-corrected chi connectivity index (χ2v) is 6.21. The van der Waals surface area contributed by atoms with Gasteiger partial charge in [0.1, 0.15) is 5.75 Å². The van der Waals surface area contributed by atoms with Crippen molar-refractivity contribution >= 4 is 40.7 Å². The Hall–Kier alpha value is -2.11. The molecule has 0 aliphatic heterocycles. The van der Waals surface area contributed by atoms with Crippen LogP contribution >= 0.6 is 23.8 Å². The summed E-state index contributed by atoms with van der Waals surface area (Å²) in [4.78, 5) is 12.4. The van der Waals surface area contributed by atoms with E-state index in [0.29, 0.717) is 16.5 Å². The Labute approximate surface area is 151 Å². The zero-order valence-electron chi connectivity index (χ0n) is 13.6. The molecular formula is C18H18ClNO3S. The van der Waals surface area contributed by atoms with Gasteiger partial charge in [-0.3, -0.25) is 0 Å². The van der Waals surface area contributed by atoms with E-state index in [1.165, 1.54) is 0 Å². The molecule has 24 heavy (non-hydrogen) atoms. The zero-order valence-corrected chi connectivity index (χ0v) is 15.2. The Balaban J connectivity index is 2.17. The third-order valence-corrected chi connectivity index (χ3v) is 3.60. The lowest BCUT2D eigenvalue weighted by Crippen LogP contribution is -2.18. The molecule has 0 amide bonds. The molecule has 0 bridgehead atoms. The van der Waals surface area contributed by atoms with E-state index in [1.54, 1.807) is 30.3 Å². The number of carbonyl (C=O) groups excluding carboxylic acids is 1. The second-order valence-electron chi connectivity index (χ2n) is 5.43. The van der Waals surface area contributed by atoms with Gasteiger partial charge in [-0.05, 0) is 62.8 Å². The van der Waals surface area contributed by atoms with Gasteiger partial charge in [0.05, 0.1) is 16.7 Å². The molecule has 6 heteroatoms. The lowest BCUT2D eigenvalue weighted by molar-refractivity contribution is 0.0733. The molecule has 126 valence electrons.